The molecule has 0 saturated heterocycles. The summed E-state index contributed by atoms with van der Waals surface area (Å²) in [5.41, 5.74) is 3.34. The van der Waals surface area contributed by atoms with Crippen LogP contribution in [0, 0.1) is 0 Å². The Bertz CT molecular complexity index is 728. The van der Waals surface area contributed by atoms with Crippen LogP contribution >= 0.6 is 0 Å². The van der Waals surface area contributed by atoms with Gasteiger partial charge in [-0.15, -0.1) is 0 Å². The zero-order chi connectivity index (χ0) is 15.8. The molecule has 23 heavy (non-hydrogen) atoms. The van der Waals surface area contributed by atoms with Gasteiger partial charge in [-0.25, -0.2) is 9.97 Å². The predicted molar refractivity (Wildman–Crippen MR) is 86.5 cm³/mol. The molecule has 0 spiro atoms. The number of hydrogen-bond acceptors (Lipinski definition) is 5. The molecule has 0 atom stereocenters. The largest absolute Gasteiger partial charge is 0.507 e. The number of aromatic hydroxyl groups is 1. The first-order chi connectivity index (χ1) is 11.2. The van der Waals surface area contributed by atoms with Gasteiger partial charge in [0, 0.05) is 61.1 Å². The monoisotopic (exact) mass is 311 g/mol. The van der Waals surface area contributed by atoms with Crippen LogP contribution < -0.4 is 4.74 Å². The molecule has 1 fully saturated rings. The van der Waals surface area contributed by atoms with Crippen LogP contribution in [0.25, 0.3) is 0 Å². The van der Waals surface area contributed by atoms with Crippen LogP contribution in [-0.4, -0.2) is 33.6 Å². The fraction of sp³-hybridized carbons (Fsp3) is 0.444. The Kier molecular flexibility index (Phi) is 3.65. The quantitative estimate of drug-likeness (QED) is 0.940. The molecule has 1 aromatic heterocycles. The zero-order valence-corrected chi connectivity index (χ0v) is 13.3. The first-order valence-corrected chi connectivity index (χ1v) is 8.16. The number of aromatic nitrogens is 2. The van der Waals surface area contributed by atoms with Crippen molar-refractivity contribution in [1.29, 1.82) is 0 Å². The third-order valence-corrected chi connectivity index (χ3v) is 4.66. The summed E-state index contributed by atoms with van der Waals surface area (Å²) < 4.78 is 5.13. The molecule has 0 amide bonds. The van der Waals surface area contributed by atoms with E-state index in [-0.39, 0.29) is 5.75 Å². The molecule has 2 heterocycles. The fourth-order valence-corrected chi connectivity index (χ4v) is 3.11. The van der Waals surface area contributed by atoms with Crippen molar-refractivity contribution in [3.63, 3.8) is 0 Å². The van der Waals surface area contributed by atoms with E-state index in [0.717, 1.165) is 37.4 Å². The smallest absolute Gasteiger partial charge is 0.131 e. The number of nitrogens with zero attached hydrogens (tertiary/aromatic N) is 3. The molecule has 5 nitrogen and oxygen atoms in total. The van der Waals surface area contributed by atoms with Crippen molar-refractivity contribution in [3.05, 3.63) is 47.0 Å². The average Bonchev–Trinajstić information content (AvgIpc) is 3.41. The van der Waals surface area contributed by atoms with E-state index in [1.165, 1.54) is 24.1 Å². The van der Waals surface area contributed by atoms with Crippen molar-refractivity contribution in [3.8, 4) is 11.5 Å². The molecular formula is C18H21N3O2. The van der Waals surface area contributed by atoms with E-state index in [1.807, 2.05) is 18.3 Å². The van der Waals surface area contributed by atoms with Crippen LogP contribution in [0.1, 0.15) is 41.4 Å². The highest BCUT2D eigenvalue weighted by Crippen LogP contribution is 2.38. The predicted octanol–water partition coefficient (Wildman–Crippen LogP) is 2.63. The standard InChI is InChI=1S/C18H21N3O2/c1-23-15-5-4-13(17(22)8-15)10-21-7-6-16-14(11-21)9-19-18(20-16)12-2-3-12/h4-5,8-9,12,22H,2-3,6-7,10-11H2,1H3. The Morgan fingerprint density at radius 3 is 2.96 bits per heavy atom. The van der Waals surface area contributed by atoms with E-state index >= 15 is 0 Å². The van der Waals surface area contributed by atoms with Crippen molar-refractivity contribution in [2.24, 2.45) is 0 Å². The van der Waals surface area contributed by atoms with Crippen LogP contribution in [0.4, 0.5) is 0 Å². The van der Waals surface area contributed by atoms with Gasteiger partial charge < -0.3 is 9.84 Å². The van der Waals surface area contributed by atoms with Crippen molar-refractivity contribution in [1.82, 2.24) is 14.9 Å². The number of methoxy groups -OCH3 is 1. The van der Waals surface area contributed by atoms with Crippen LogP contribution in [0.3, 0.4) is 0 Å². The third kappa shape index (κ3) is 3.01. The number of ether oxygens (including phenoxy) is 1. The van der Waals surface area contributed by atoms with Gasteiger partial charge in [0.2, 0.25) is 0 Å². The lowest BCUT2D eigenvalue weighted by atomic mass is 10.1. The maximum atomic E-state index is 10.1. The number of rotatable bonds is 4. The molecule has 1 aliphatic heterocycles. The van der Waals surface area contributed by atoms with Crippen LogP contribution in [0.2, 0.25) is 0 Å². The molecular weight excluding hydrogens is 290 g/mol. The summed E-state index contributed by atoms with van der Waals surface area (Å²) in [5, 5.41) is 10.1. The van der Waals surface area contributed by atoms with Gasteiger partial charge in [0.1, 0.15) is 17.3 Å². The lowest BCUT2D eigenvalue weighted by molar-refractivity contribution is 0.239. The molecule has 1 aromatic carbocycles. The summed E-state index contributed by atoms with van der Waals surface area (Å²) in [4.78, 5) is 11.6. The molecule has 2 aromatic rings. The highest BCUT2D eigenvalue weighted by Gasteiger charge is 2.28. The Hall–Kier alpha value is -2.14. The maximum Gasteiger partial charge on any atom is 0.131 e. The van der Waals surface area contributed by atoms with E-state index in [0.29, 0.717) is 11.7 Å². The van der Waals surface area contributed by atoms with E-state index in [1.54, 1.807) is 13.2 Å². The Morgan fingerprint density at radius 1 is 1.35 bits per heavy atom. The summed E-state index contributed by atoms with van der Waals surface area (Å²) in [6.07, 6.45) is 5.42. The van der Waals surface area contributed by atoms with Crippen molar-refractivity contribution in [2.75, 3.05) is 13.7 Å². The molecule has 1 saturated carbocycles. The number of benzene rings is 1. The molecule has 2 aliphatic rings. The SMILES string of the molecule is COc1ccc(CN2CCc3nc(C4CC4)ncc3C2)c(O)c1. The molecule has 1 aliphatic carbocycles. The maximum absolute atomic E-state index is 10.1. The highest BCUT2D eigenvalue weighted by molar-refractivity contribution is 5.39. The van der Waals surface area contributed by atoms with Gasteiger partial charge in [-0.05, 0) is 18.9 Å². The first kappa shape index (κ1) is 14.5. The molecule has 120 valence electrons. The van der Waals surface area contributed by atoms with Gasteiger partial charge in [-0.1, -0.05) is 6.07 Å². The normalized spacial score (nSPS) is 17.8. The first-order valence-electron chi connectivity index (χ1n) is 8.16. The zero-order valence-electron chi connectivity index (χ0n) is 13.3. The Balaban J connectivity index is 1.47. The summed E-state index contributed by atoms with van der Waals surface area (Å²) >= 11 is 0. The van der Waals surface area contributed by atoms with E-state index < -0.39 is 0 Å². The van der Waals surface area contributed by atoms with Crippen LogP contribution in [-0.2, 0) is 19.5 Å². The molecule has 4 rings (SSSR count). The van der Waals surface area contributed by atoms with E-state index in [4.69, 9.17) is 9.72 Å². The number of fused-ring (bicyclic) bond motifs is 1. The van der Waals surface area contributed by atoms with Gasteiger partial charge in [-0.3, -0.25) is 4.90 Å². The fourth-order valence-electron chi connectivity index (χ4n) is 3.11. The molecule has 0 bridgehead atoms. The highest BCUT2D eigenvalue weighted by atomic mass is 16.5. The van der Waals surface area contributed by atoms with Crippen LogP contribution in [0.5, 0.6) is 11.5 Å². The van der Waals surface area contributed by atoms with Gasteiger partial charge in [0.25, 0.3) is 0 Å². The van der Waals surface area contributed by atoms with Gasteiger partial charge in [0.05, 0.1) is 7.11 Å². The topological polar surface area (TPSA) is 58.5 Å². The van der Waals surface area contributed by atoms with Gasteiger partial charge in [0.15, 0.2) is 0 Å². The lowest BCUT2D eigenvalue weighted by Crippen LogP contribution is -2.31. The molecule has 0 radical (unpaired) electrons. The van der Waals surface area contributed by atoms with Crippen LogP contribution in [0.15, 0.2) is 24.4 Å². The molecule has 5 heteroatoms. The summed E-state index contributed by atoms with van der Waals surface area (Å²) in [7, 11) is 1.60. The number of phenolic OH excluding ortho intramolecular Hbond substituents is 1. The minimum absolute atomic E-state index is 0.287. The van der Waals surface area contributed by atoms with Crippen molar-refractivity contribution < 1.29 is 9.84 Å². The Morgan fingerprint density at radius 2 is 2.22 bits per heavy atom. The Labute approximate surface area is 136 Å². The summed E-state index contributed by atoms with van der Waals surface area (Å²) in [6, 6.07) is 5.48. The second kappa shape index (κ2) is 5.81. The minimum Gasteiger partial charge on any atom is -0.507 e. The lowest BCUT2D eigenvalue weighted by Gasteiger charge is -2.28. The minimum atomic E-state index is 0.287. The second-order valence-electron chi connectivity index (χ2n) is 6.43. The number of phenols is 1. The third-order valence-electron chi connectivity index (χ3n) is 4.66. The molecule has 0 unspecified atom stereocenters. The summed E-state index contributed by atoms with van der Waals surface area (Å²) in [6.45, 7) is 2.52. The molecule has 1 N–H and O–H groups in total. The van der Waals surface area contributed by atoms with Gasteiger partial charge >= 0.3 is 0 Å². The van der Waals surface area contributed by atoms with Gasteiger partial charge in [-0.2, -0.15) is 0 Å². The average molecular weight is 311 g/mol. The van der Waals surface area contributed by atoms with Crippen molar-refractivity contribution >= 4 is 0 Å². The number of hydrogen-bond donors (Lipinski definition) is 1. The summed E-state index contributed by atoms with van der Waals surface area (Å²) in [5.74, 6) is 2.60. The van der Waals surface area contributed by atoms with E-state index in [9.17, 15) is 5.11 Å². The van der Waals surface area contributed by atoms with Crippen molar-refractivity contribution in [2.45, 2.75) is 38.3 Å². The van der Waals surface area contributed by atoms with E-state index in [2.05, 4.69) is 9.88 Å². The second-order valence-corrected chi connectivity index (χ2v) is 6.43.